The van der Waals surface area contributed by atoms with Crippen molar-refractivity contribution < 1.29 is 4.79 Å². The van der Waals surface area contributed by atoms with Gasteiger partial charge < -0.3 is 5.32 Å². The highest BCUT2D eigenvalue weighted by Gasteiger charge is 2.09. The fourth-order valence-electron chi connectivity index (χ4n) is 1.48. The zero-order chi connectivity index (χ0) is 14.2. The molecule has 1 aromatic heterocycles. The van der Waals surface area contributed by atoms with Crippen molar-refractivity contribution in [2.45, 2.75) is 22.6 Å². The molecule has 1 aromatic carbocycles. The molecule has 7 heteroatoms. The molecule has 2 aromatic rings. The zero-order valence-electron chi connectivity index (χ0n) is 11.0. The smallest absolute Gasteiger partial charge is 0.225 e. The second kappa shape index (κ2) is 8.28. The van der Waals surface area contributed by atoms with Crippen LogP contribution in [0.2, 0.25) is 0 Å². The van der Waals surface area contributed by atoms with Gasteiger partial charge in [-0.1, -0.05) is 42.2 Å². The lowest BCUT2D eigenvalue weighted by atomic mass is 10.3. The Balaban J connectivity index is 1.98. The number of carbonyl (C=O) groups excluding carboxylic acids is 1. The van der Waals surface area contributed by atoms with Crippen LogP contribution in [0.4, 0.5) is 5.69 Å². The number of anilines is 1. The molecule has 1 N–H and O–H groups in total. The molecule has 2 rings (SSSR count). The summed E-state index contributed by atoms with van der Waals surface area (Å²) in [7, 11) is 0. The number of nitrogens with zero attached hydrogens (tertiary/aromatic N) is 2. The molecule has 0 aliphatic rings. The number of nitrogens with one attached hydrogen (secondary N) is 1. The first-order valence-corrected chi connectivity index (χ1v) is 9.05. The summed E-state index contributed by atoms with van der Waals surface area (Å²) in [6.45, 7) is 2.09. The van der Waals surface area contributed by atoms with Crippen LogP contribution in [0.25, 0.3) is 0 Å². The van der Waals surface area contributed by atoms with E-state index in [1.807, 2.05) is 24.3 Å². The summed E-state index contributed by atoms with van der Waals surface area (Å²) in [5, 5.41) is 10.8. The van der Waals surface area contributed by atoms with Gasteiger partial charge in [-0.05, 0) is 17.9 Å². The lowest BCUT2D eigenvalue weighted by Crippen LogP contribution is -2.12. The lowest BCUT2D eigenvalue weighted by molar-refractivity contribution is -0.115. The Morgan fingerprint density at radius 3 is 3.00 bits per heavy atom. The van der Waals surface area contributed by atoms with Crippen LogP contribution in [-0.2, 0) is 4.79 Å². The van der Waals surface area contributed by atoms with Crippen molar-refractivity contribution >= 4 is 46.5 Å². The quantitative estimate of drug-likeness (QED) is 0.785. The van der Waals surface area contributed by atoms with Crippen LogP contribution in [-0.4, -0.2) is 27.6 Å². The van der Waals surface area contributed by atoms with Gasteiger partial charge in [-0.2, -0.15) is 11.8 Å². The van der Waals surface area contributed by atoms with Gasteiger partial charge in [0.15, 0.2) is 4.34 Å². The van der Waals surface area contributed by atoms with Crippen LogP contribution in [0, 0.1) is 0 Å². The standard InChI is InChI=1S/C13H15N3OS3/c1-2-18-8-7-12(17)15-10-5-3-4-6-11(10)20-13-16-14-9-19-13/h3-6,9H,2,7-8H2,1H3,(H,15,17). The Morgan fingerprint density at radius 2 is 2.25 bits per heavy atom. The van der Waals surface area contributed by atoms with Crippen LogP contribution >= 0.6 is 34.9 Å². The highest BCUT2D eigenvalue weighted by Crippen LogP contribution is 2.33. The average Bonchev–Trinajstić information content (AvgIpc) is 2.94. The number of amides is 1. The minimum atomic E-state index is 0.0521. The molecule has 0 aliphatic carbocycles. The molecule has 0 fully saturated rings. The summed E-state index contributed by atoms with van der Waals surface area (Å²) in [6, 6.07) is 7.75. The molecular formula is C13H15N3OS3. The molecule has 0 spiro atoms. The maximum absolute atomic E-state index is 11.9. The molecule has 106 valence electrons. The van der Waals surface area contributed by atoms with E-state index in [-0.39, 0.29) is 5.91 Å². The second-order valence-electron chi connectivity index (χ2n) is 3.80. The normalized spacial score (nSPS) is 10.4. The third-order valence-corrected chi connectivity index (χ3v) is 5.13. The van der Waals surface area contributed by atoms with Gasteiger partial charge in [0.05, 0.1) is 5.69 Å². The van der Waals surface area contributed by atoms with E-state index in [9.17, 15) is 4.79 Å². The van der Waals surface area contributed by atoms with Crippen molar-refractivity contribution in [1.29, 1.82) is 0 Å². The number of rotatable bonds is 7. The summed E-state index contributed by atoms with van der Waals surface area (Å²) < 4.78 is 0.869. The molecule has 0 radical (unpaired) electrons. The summed E-state index contributed by atoms with van der Waals surface area (Å²) in [4.78, 5) is 12.9. The van der Waals surface area contributed by atoms with E-state index in [2.05, 4.69) is 22.4 Å². The Kier molecular flexibility index (Phi) is 6.35. The number of hydrogen-bond acceptors (Lipinski definition) is 6. The molecule has 0 bridgehead atoms. The average molecular weight is 325 g/mol. The van der Waals surface area contributed by atoms with Crippen molar-refractivity contribution in [2.75, 3.05) is 16.8 Å². The van der Waals surface area contributed by atoms with Crippen molar-refractivity contribution in [3.05, 3.63) is 29.8 Å². The van der Waals surface area contributed by atoms with Gasteiger partial charge in [-0.25, -0.2) is 0 Å². The van der Waals surface area contributed by atoms with Crippen LogP contribution in [0.3, 0.4) is 0 Å². The van der Waals surface area contributed by atoms with Gasteiger partial charge in [0.1, 0.15) is 5.51 Å². The molecule has 4 nitrogen and oxygen atoms in total. The van der Waals surface area contributed by atoms with Crippen molar-refractivity contribution in [2.24, 2.45) is 0 Å². The number of thioether (sulfide) groups is 1. The van der Waals surface area contributed by atoms with Crippen molar-refractivity contribution in [3.8, 4) is 0 Å². The predicted molar refractivity (Wildman–Crippen MR) is 86.7 cm³/mol. The first-order chi connectivity index (χ1) is 9.79. The van der Waals surface area contributed by atoms with Crippen LogP contribution < -0.4 is 5.32 Å². The van der Waals surface area contributed by atoms with Crippen molar-refractivity contribution in [3.63, 3.8) is 0 Å². The number of benzene rings is 1. The van der Waals surface area contributed by atoms with E-state index >= 15 is 0 Å². The maximum Gasteiger partial charge on any atom is 0.225 e. The van der Waals surface area contributed by atoms with E-state index in [1.54, 1.807) is 17.3 Å². The second-order valence-corrected chi connectivity index (χ2v) is 7.31. The van der Waals surface area contributed by atoms with Gasteiger partial charge in [-0.3, -0.25) is 4.79 Å². The van der Waals surface area contributed by atoms with Gasteiger partial charge >= 0.3 is 0 Å². The molecule has 0 aliphatic heterocycles. The first kappa shape index (κ1) is 15.3. The van der Waals surface area contributed by atoms with Gasteiger partial charge in [0, 0.05) is 17.1 Å². The van der Waals surface area contributed by atoms with E-state index in [0.717, 1.165) is 26.4 Å². The maximum atomic E-state index is 11.9. The Morgan fingerprint density at radius 1 is 1.40 bits per heavy atom. The zero-order valence-corrected chi connectivity index (χ0v) is 13.5. The minimum Gasteiger partial charge on any atom is -0.325 e. The predicted octanol–water partition coefficient (Wildman–Crippen LogP) is 3.77. The minimum absolute atomic E-state index is 0.0521. The summed E-state index contributed by atoms with van der Waals surface area (Å²) in [5.74, 6) is 1.95. The van der Waals surface area contributed by atoms with Gasteiger partial charge in [0.2, 0.25) is 5.91 Å². The van der Waals surface area contributed by atoms with Crippen LogP contribution in [0.1, 0.15) is 13.3 Å². The summed E-state index contributed by atoms with van der Waals surface area (Å²) in [6.07, 6.45) is 0.538. The van der Waals surface area contributed by atoms with Crippen molar-refractivity contribution in [1.82, 2.24) is 10.2 Å². The number of carbonyl (C=O) groups is 1. The topological polar surface area (TPSA) is 54.9 Å². The van der Waals surface area contributed by atoms with Crippen LogP contribution in [0.5, 0.6) is 0 Å². The SMILES string of the molecule is CCSCCC(=O)Nc1ccccc1Sc1nncs1. The summed E-state index contributed by atoms with van der Waals surface area (Å²) in [5.41, 5.74) is 2.53. The van der Waals surface area contributed by atoms with E-state index in [0.29, 0.717) is 6.42 Å². The molecule has 0 saturated heterocycles. The fraction of sp³-hybridized carbons (Fsp3) is 0.308. The lowest BCUT2D eigenvalue weighted by Gasteiger charge is -2.09. The number of hydrogen-bond donors (Lipinski definition) is 1. The molecule has 0 saturated carbocycles. The first-order valence-electron chi connectivity index (χ1n) is 6.20. The summed E-state index contributed by atoms with van der Waals surface area (Å²) >= 11 is 4.78. The monoisotopic (exact) mass is 325 g/mol. The van der Waals surface area contributed by atoms with Crippen LogP contribution in [0.15, 0.2) is 39.0 Å². The third kappa shape index (κ3) is 4.81. The number of aromatic nitrogens is 2. The highest BCUT2D eigenvalue weighted by atomic mass is 32.2. The Bertz CT molecular complexity index is 546. The largest absolute Gasteiger partial charge is 0.325 e. The molecule has 1 amide bonds. The molecule has 20 heavy (non-hydrogen) atoms. The van der Waals surface area contributed by atoms with E-state index in [1.165, 1.54) is 23.1 Å². The molecular weight excluding hydrogens is 310 g/mol. The number of para-hydroxylation sites is 1. The Labute approximate surface area is 130 Å². The third-order valence-electron chi connectivity index (χ3n) is 2.38. The molecule has 0 atom stereocenters. The van der Waals surface area contributed by atoms with Gasteiger partial charge in [0.25, 0.3) is 0 Å². The fourth-order valence-corrected chi connectivity index (χ4v) is 3.62. The molecule has 0 unspecified atom stereocenters. The molecule has 1 heterocycles. The van der Waals surface area contributed by atoms with E-state index < -0.39 is 0 Å². The Hall–Kier alpha value is -1.05. The van der Waals surface area contributed by atoms with E-state index in [4.69, 9.17) is 0 Å². The van der Waals surface area contributed by atoms with Gasteiger partial charge in [-0.15, -0.1) is 10.2 Å². The highest BCUT2D eigenvalue weighted by molar-refractivity contribution is 8.01.